The van der Waals surface area contributed by atoms with Crippen molar-refractivity contribution < 1.29 is 4.74 Å². The molecule has 0 saturated heterocycles. The summed E-state index contributed by atoms with van der Waals surface area (Å²) in [5, 5.41) is 0. The molecule has 0 aliphatic rings. The number of halogens is 1. The van der Waals surface area contributed by atoms with Crippen LogP contribution in [0.2, 0.25) is 0 Å². The molecule has 3 nitrogen and oxygen atoms in total. The Labute approximate surface area is 102 Å². The number of hydrogen-bond donors (Lipinski definition) is 2. The molecule has 0 atom stereocenters. The third-order valence-corrected chi connectivity index (χ3v) is 2.78. The Kier molecular flexibility index (Phi) is 3.01. The molecule has 2 aromatic carbocycles. The smallest absolute Gasteiger partial charge is 0.141 e. The molecule has 4 N–H and O–H groups in total. The van der Waals surface area contributed by atoms with E-state index in [4.69, 9.17) is 16.2 Å². The van der Waals surface area contributed by atoms with Crippen molar-refractivity contribution in [3.8, 4) is 11.5 Å². The van der Waals surface area contributed by atoms with Gasteiger partial charge in [0.25, 0.3) is 0 Å². The molecule has 16 heavy (non-hydrogen) atoms. The Hall–Kier alpha value is -1.68. The first-order chi connectivity index (χ1) is 7.66. The summed E-state index contributed by atoms with van der Waals surface area (Å²) in [4.78, 5) is 0. The molecular formula is C12H11BrN2O. The lowest BCUT2D eigenvalue weighted by molar-refractivity contribution is 0.480. The van der Waals surface area contributed by atoms with Crippen LogP contribution >= 0.6 is 15.9 Å². The number of benzene rings is 2. The Bertz CT molecular complexity index is 514. The van der Waals surface area contributed by atoms with Crippen molar-refractivity contribution in [2.75, 3.05) is 11.5 Å². The fraction of sp³-hybridized carbons (Fsp3) is 0. The highest BCUT2D eigenvalue weighted by Crippen LogP contribution is 2.31. The van der Waals surface area contributed by atoms with Gasteiger partial charge in [-0.15, -0.1) is 0 Å². The van der Waals surface area contributed by atoms with Crippen molar-refractivity contribution in [1.82, 2.24) is 0 Å². The lowest BCUT2D eigenvalue weighted by Crippen LogP contribution is -1.94. The molecule has 0 aliphatic carbocycles. The van der Waals surface area contributed by atoms with Gasteiger partial charge in [-0.05, 0) is 40.2 Å². The van der Waals surface area contributed by atoms with Crippen LogP contribution < -0.4 is 16.2 Å². The average molecular weight is 279 g/mol. The van der Waals surface area contributed by atoms with Gasteiger partial charge in [-0.3, -0.25) is 0 Å². The quantitative estimate of drug-likeness (QED) is 0.828. The van der Waals surface area contributed by atoms with Crippen LogP contribution in [-0.4, -0.2) is 0 Å². The Morgan fingerprint density at radius 2 is 1.69 bits per heavy atom. The van der Waals surface area contributed by atoms with Gasteiger partial charge in [0.1, 0.15) is 11.5 Å². The molecule has 82 valence electrons. The molecule has 0 saturated carbocycles. The summed E-state index contributed by atoms with van der Waals surface area (Å²) in [5.41, 5.74) is 12.4. The second-order valence-corrected chi connectivity index (χ2v) is 4.18. The Balaban J connectivity index is 2.28. The van der Waals surface area contributed by atoms with Gasteiger partial charge in [0.15, 0.2) is 0 Å². The molecule has 0 fully saturated rings. The molecular weight excluding hydrogens is 268 g/mol. The van der Waals surface area contributed by atoms with Crippen LogP contribution in [0.3, 0.4) is 0 Å². The zero-order chi connectivity index (χ0) is 11.5. The van der Waals surface area contributed by atoms with E-state index < -0.39 is 0 Å². The number of nitrogen functional groups attached to an aromatic ring is 2. The van der Waals surface area contributed by atoms with Gasteiger partial charge in [-0.1, -0.05) is 12.1 Å². The molecule has 2 rings (SSSR count). The zero-order valence-corrected chi connectivity index (χ0v) is 10.1. The van der Waals surface area contributed by atoms with Gasteiger partial charge in [0.05, 0.1) is 15.8 Å². The van der Waals surface area contributed by atoms with Crippen molar-refractivity contribution in [3.05, 3.63) is 46.9 Å². The van der Waals surface area contributed by atoms with E-state index in [0.717, 1.165) is 10.2 Å². The first kappa shape index (κ1) is 10.8. The summed E-state index contributed by atoms with van der Waals surface area (Å²) in [6.07, 6.45) is 0. The average Bonchev–Trinajstić information content (AvgIpc) is 2.27. The first-order valence-electron chi connectivity index (χ1n) is 4.74. The number of rotatable bonds is 2. The van der Waals surface area contributed by atoms with Gasteiger partial charge >= 0.3 is 0 Å². The van der Waals surface area contributed by atoms with Crippen LogP contribution in [0.4, 0.5) is 11.4 Å². The molecule has 0 aromatic heterocycles. The highest BCUT2D eigenvalue weighted by Gasteiger charge is 2.03. The zero-order valence-electron chi connectivity index (χ0n) is 8.48. The lowest BCUT2D eigenvalue weighted by atomic mass is 10.2. The molecule has 0 radical (unpaired) electrons. The van der Waals surface area contributed by atoms with Gasteiger partial charge in [-0.2, -0.15) is 0 Å². The first-order valence-corrected chi connectivity index (χ1v) is 5.53. The highest BCUT2D eigenvalue weighted by molar-refractivity contribution is 9.10. The van der Waals surface area contributed by atoms with E-state index in [1.165, 1.54) is 0 Å². The topological polar surface area (TPSA) is 61.3 Å². The number of nitrogens with two attached hydrogens (primary N) is 2. The molecule has 0 spiro atoms. The molecule has 0 unspecified atom stereocenters. The van der Waals surface area contributed by atoms with E-state index in [0.29, 0.717) is 17.1 Å². The van der Waals surface area contributed by atoms with Crippen LogP contribution in [-0.2, 0) is 0 Å². The monoisotopic (exact) mass is 278 g/mol. The normalized spacial score (nSPS) is 10.1. The van der Waals surface area contributed by atoms with Crippen molar-refractivity contribution >= 4 is 27.3 Å². The van der Waals surface area contributed by atoms with Crippen LogP contribution in [0.1, 0.15) is 0 Å². The maximum atomic E-state index is 5.70. The van der Waals surface area contributed by atoms with Gasteiger partial charge in [0, 0.05) is 6.07 Å². The summed E-state index contributed by atoms with van der Waals surface area (Å²) in [7, 11) is 0. The second kappa shape index (κ2) is 4.45. The minimum atomic E-state index is 0.518. The third kappa shape index (κ3) is 2.28. The molecule has 0 bridgehead atoms. The SMILES string of the molecule is Nc1ccc(Oc2ccccc2Br)cc1N. The van der Waals surface area contributed by atoms with Crippen molar-refractivity contribution in [1.29, 1.82) is 0 Å². The van der Waals surface area contributed by atoms with Gasteiger partial charge in [0.2, 0.25) is 0 Å². The van der Waals surface area contributed by atoms with E-state index in [1.54, 1.807) is 18.2 Å². The molecule has 2 aromatic rings. The fourth-order valence-electron chi connectivity index (χ4n) is 1.27. The van der Waals surface area contributed by atoms with E-state index in [9.17, 15) is 0 Å². The van der Waals surface area contributed by atoms with Crippen LogP contribution in [0.15, 0.2) is 46.9 Å². The van der Waals surface area contributed by atoms with Crippen LogP contribution in [0.25, 0.3) is 0 Å². The fourth-order valence-corrected chi connectivity index (χ4v) is 1.64. The molecule has 0 amide bonds. The largest absolute Gasteiger partial charge is 0.456 e. The van der Waals surface area contributed by atoms with E-state index >= 15 is 0 Å². The Morgan fingerprint density at radius 3 is 2.38 bits per heavy atom. The number of anilines is 2. The lowest BCUT2D eigenvalue weighted by Gasteiger charge is -2.08. The number of ether oxygens (including phenoxy) is 1. The summed E-state index contributed by atoms with van der Waals surface area (Å²) < 4.78 is 6.56. The van der Waals surface area contributed by atoms with Gasteiger partial charge < -0.3 is 16.2 Å². The third-order valence-electron chi connectivity index (χ3n) is 2.12. The van der Waals surface area contributed by atoms with Crippen molar-refractivity contribution in [2.24, 2.45) is 0 Å². The maximum absolute atomic E-state index is 5.70. The van der Waals surface area contributed by atoms with Crippen LogP contribution in [0.5, 0.6) is 11.5 Å². The van der Waals surface area contributed by atoms with E-state index in [1.807, 2.05) is 24.3 Å². The second-order valence-electron chi connectivity index (χ2n) is 3.32. The highest BCUT2D eigenvalue weighted by atomic mass is 79.9. The minimum Gasteiger partial charge on any atom is -0.456 e. The molecule has 4 heteroatoms. The summed E-state index contributed by atoms with van der Waals surface area (Å²) in [6.45, 7) is 0. The maximum Gasteiger partial charge on any atom is 0.141 e. The summed E-state index contributed by atoms with van der Waals surface area (Å²) in [6, 6.07) is 12.8. The van der Waals surface area contributed by atoms with Crippen molar-refractivity contribution in [3.63, 3.8) is 0 Å². The van der Waals surface area contributed by atoms with Crippen molar-refractivity contribution in [2.45, 2.75) is 0 Å². The standard InChI is InChI=1S/C12H11BrN2O/c13-9-3-1-2-4-12(9)16-8-5-6-10(14)11(15)7-8/h1-7H,14-15H2. The molecule has 0 heterocycles. The predicted octanol–water partition coefficient (Wildman–Crippen LogP) is 3.41. The molecule has 0 aliphatic heterocycles. The summed E-state index contributed by atoms with van der Waals surface area (Å²) in [5.74, 6) is 1.41. The van der Waals surface area contributed by atoms with E-state index in [-0.39, 0.29) is 0 Å². The van der Waals surface area contributed by atoms with Gasteiger partial charge in [-0.25, -0.2) is 0 Å². The van der Waals surface area contributed by atoms with Crippen LogP contribution in [0, 0.1) is 0 Å². The summed E-state index contributed by atoms with van der Waals surface area (Å²) >= 11 is 3.41. The number of hydrogen-bond acceptors (Lipinski definition) is 3. The minimum absolute atomic E-state index is 0.518. The number of para-hydroxylation sites is 1. The predicted molar refractivity (Wildman–Crippen MR) is 69.5 cm³/mol. The van der Waals surface area contributed by atoms with E-state index in [2.05, 4.69) is 15.9 Å². The Morgan fingerprint density at radius 1 is 0.938 bits per heavy atom.